The van der Waals surface area contributed by atoms with E-state index in [-0.39, 0.29) is 12.5 Å². The van der Waals surface area contributed by atoms with Crippen molar-refractivity contribution < 1.29 is 4.79 Å². The van der Waals surface area contributed by atoms with Crippen LogP contribution in [0.1, 0.15) is 26.6 Å². The van der Waals surface area contributed by atoms with Gasteiger partial charge in [-0.3, -0.25) is 4.79 Å². The average molecular weight is 280 g/mol. The van der Waals surface area contributed by atoms with Crippen LogP contribution in [0, 0.1) is 0 Å². The molecule has 1 rings (SSSR count). The number of carbonyl (C=O) groups excluding carboxylic acids is 1. The highest BCUT2D eigenvalue weighted by Crippen LogP contribution is 2.14. The molecule has 0 aromatic carbocycles. The van der Waals surface area contributed by atoms with Gasteiger partial charge in [-0.1, -0.05) is 6.92 Å². The number of aryl methyl sites for hydroxylation is 1. The highest BCUT2D eigenvalue weighted by molar-refractivity contribution is 5.81. The van der Waals surface area contributed by atoms with Gasteiger partial charge in [-0.15, -0.1) is 0 Å². The molecule has 0 unspecified atom stereocenters. The minimum absolute atomic E-state index is 0.0800. The van der Waals surface area contributed by atoms with Crippen molar-refractivity contribution in [1.82, 2.24) is 14.9 Å². The summed E-state index contributed by atoms with van der Waals surface area (Å²) < 4.78 is 0. The van der Waals surface area contributed by atoms with E-state index in [2.05, 4.69) is 15.4 Å². The number of rotatable bonds is 7. The SMILES string of the molecule is CCc1nc(NN)cc(N(C)CC(=O)N(CC)CC)n1. The van der Waals surface area contributed by atoms with Crippen LogP contribution in [0.5, 0.6) is 0 Å². The number of anilines is 2. The summed E-state index contributed by atoms with van der Waals surface area (Å²) in [6.45, 7) is 7.62. The number of aromatic nitrogens is 2. The number of amides is 1. The van der Waals surface area contributed by atoms with E-state index in [0.717, 1.165) is 0 Å². The maximum absolute atomic E-state index is 12.1. The van der Waals surface area contributed by atoms with Crippen molar-refractivity contribution in [3.63, 3.8) is 0 Å². The molecule has 7 nitrogen and oxygen atoms in total. The topological polar surface area (TPSA) is 87.4 Å². The molecule has 1 aromatic rings. The number of hydrogen-bond acceptors (Lipinski definition) is 6. The molecule has 20 heavy (non-hydrogen) atoms. The molecule has 0 aliphatic rings. The first-order valence-electron chi connectivity index (χ1n) is 6.89. The Morgan fingerprint density at radius 1 is 1.30 bits per heavy atom. The van der Waals surface area contributed by atoms with Gasteiger partial charge in [0.05, 0.1) is 6.54 Å². The second kappa shape index (κ2) is 7.64. The third kappa shape index (κ3) is 4.06. The fourth-order valence-electron chi connectivity index (χ4n) is 1.87. The number of hydrazine groups is 1. The lowest BCUT2D eigenvalue weighted by Gasteiger charge is -2.24. The molecule has 1 aromatic heterocycles. The van der Waals surface area contributed by atoms with Gasteiger partial charge in [0.1, 0.15) is 17.5 Å². The lowest BCUT2D eigenvalue weighted by Crippen LogP contribution is -2.39. The Morgan fingerprint density at radius 3 is 2.45 bits per heavy atom. The van der Waals surface area contributed by atoms with Crippen molar-refractivity contribution in [2.45, 2.75) is 27.2 Å². The summed E-state index contributed by atoms with van der Waals surface area (Å²) in [5, 5.41) is 0. The molecule has 1 heterocycles. The van der Waals surface area contributed by atoms with Crippen molar-refractivity contribution in [2.24, 2.45) is 5.84 Å². The van der Waals surface area contributed by atoms with Gasteiger partial charge in [-0.05, 0) is 13.8 Å². The molecule has 1 amide bonds. The maximum atomic E-state index is 12.1. The molecular formula is C13H24N6O. The van der Waals surface area contributed by atoms with E-state index < -0.39 is 0 Å². The molecule has 0 aliphatic carbocycles. The molecule has 0 fully saturated rings. The second-order valence-electron chi connectivity index (χ2n) is 4.45. The predicted molar refractivity (Wildman–Crippen MR) is 80.4 cm³/mol. The minimum atomic E-state index is 0.0800. The van der Waals surface area contributed by atoms with Crippen LogP contribution in [0.25, 0.3) is 0 Å². The summed E-state index contributed by atoms with van der Waals surface area (Å²) in [5.41, 5.74) is 2.52. The number of nitrogens with zero attached hydrogens (tertiary/aromatic N) is 4. The van der Waals surface area contributed by atoms with Gasteiger partial charge in [0.25, 0.3) is 0 Å². The molecule has 0 saturated heterocycles. The standard InChI is InChI=1S/C13H24N6O/c1-5-10-15-11(17-14)8-12(16-10)18(4)9-13(20)19(6-2)7-3/h8H,5-7,9,14H2,1-4H3,(H,15,16,17). The molecule has 0 atom stereocenters. The third-order valence-electron chi connectivity index (χ3n) is 3.10. The van der Waals surface area contributed by atoms with E-state index in [9.17, 15) is 4.79 Å². The van der Waals surface area contributed by atoms with E-state index in [1.807, 2.05) is 32.7 Å². The monoisotopic (exact) mass is 280 g/mol. The quantitative estimate of drug-likeness (QED) is 0.562. The van der Waals surface area contributed by atoms with Crippen molar-refractivity contribution >= 4 is 17.5 Å². The summed E-state index contributed by atoms with van der Waals surface area (Å²) in [6.07, 6.45) is 0.709. The Balaban J connectivity index is 2.86. The normalized spacial score (nSPS) is 10.2. The summed E-state index contributed by atoms with van der Waals surface area (Å²) >= 11 is 0. The molecule has 7 heteroatoms. The Kier molecular flexibility index (Phi) is 6.17. The van der Waals surface area contributed by atoms with Gasteiger partial charge in [0.15, 0.2) is 0 Å². The van der Waals surface area contributed by atoms with E-state index in [4.69, 9.17) is 5.84 Å². The van der Waals surface area contributed by atoms with E-state index in [1.165, 1.54) is 0 Å². The Bertz CT molecular complexity index is 424. The molecule has 112 valence electrons. The van der Waals surface area contributed by atoms with Gasteiger partial charge in [-0.25, -0.2) is 15.8 Å². The smallest absolute Gasteiger partial charge is 0.242 e. The Hall–Kier alpha value is -1.89. The van der Waals surface area contributed by atoms with Crippen LogP contribution in [-0.2, 0) is 11.2 Å². The summed E-state index contributed by atoms with van der Waals surface area (Å²) in [5.74, 6) is 7.41. The highest BCUT2D eigenvalue weighted by Gasteiger charge is 2.14. The van der Waals surface area contributed by atoms with E-state index in [0.29, 0.717) is 37.0 Å². The number of carbonyl (C=O) groups is 1. The minimum Gasteiger partial charge on any atom is -0.350 e. The van der Waals surface area contributed by atoms with Crippen LogP contribution in [-0.4, -0.2) is 47.5 Å². The summed E-state index contributed by atoms with van der Waals surface area (Å²) in [6, 6.07) is 1.73. The largest absolute Gasteiger partial charge is 0.350 e. The van der Waals surface area contributed by atoms with Gasteiger partial charge >= 0.3 is 0 Å². The van der Waals surface area contributed by atoms with Gasteiger partial charge in [-0.2, -0.15) is 0 Å². The first kappa shape index (κ1) is 16.2. The van der Waals surface area contributed by atoms with Crippen LogP contribution >= 0.6 is 0 Å². The maximum Gasteiger partial charge on any atom is 0.242 e. The van der Waals surface area contributed by atoms with Crippen LogP contribution in [0.15, 0.2) is 6.07 Å². The fourth-order valence-corrected chi connectivity index (χ4v) is 1.87. The number of hydrogen-bond donors (Lipinski definition) is 2. The molecular weight excluding hydrogens is 256 g/mol. The lowest BCUT2D eigenvalue weighted by atomic mass is 10.3. The molecule has 0 radical (unpaired) electrons. The van der Waals surface area contributed by atoms with Crippen LogP contribution in [0.2, 0.25) is 0 Å². The average Bonchev–Trinajstić information content (AvgIpc) is 2.47. The Labute approximate surface area is 120 Å². The molecule has 0 bridgehead atoms. The van der Waals surface area contributed by atoms with Crippen LogP contribution in [0.4, 0.5) is 11.6 Å². The zero-order valence-electron chi connectivity index (χ0n) is 12.7. The predicted octanol–water partition coefficient (Wildman–Crippen LogP) is 0.629. The summed E-state index contributed by atoms with van der Waals surface area (Å²) in [7, 11) is 1.84. The highest BCUT2D eigenvalue weighted by atomic mass is 16.2. The van der Waals surface area contributed by atoms with Gasteiger partial charge in [0, 0.05) is 32.6 Å². The number of nitrogen functional groups attached to an aromatic ring is 1. The van der Waals surface area contributed by atoms with Crippen LogP contribution < -0.4 is 16.2 Å². The molecule has 0 aliphatic heterocycles. The second-order valence-corrected chi connectivity index (χ2v) is 4.45. The van der Waals surface area contributed by atoms with Gasteiger partial charge < -0.3 is 15.2 Å². The third-order valence-corrected chi connectivity index (χ3v) is 3.10. The van der Waals surface area contributed by atoms with E-state index in [1.54, 1.807) is 11.0 Å². The van der Waals surface area contributed by atoms with E-state index >= 15 is 0 Å². The Morgan fingerprint density at radius 2 is 1.95 bits per heavy atom. The van der Waals surface area contributed by atoms with Crippen molar-refractivity contribution in [1.29, 1.82) is 0 Å². The first-order valence-corrected chi connectivity index (χ1v) is 6.89. The molecule has 3 N–H and O–H groups in total. The first-order chi connectivity index (χ1) is 9.55. The van der Waals surface area contributed by atoms with Crippen molar-refractivity contribution in [3.8, 4) is 0 Å². The molecule has 0 saturated carbocycles. The van der Waals surface area contributed by atoms with Crippen molar-refractivity contribution in [3.05, 3.63) is 11.9 Å². The number of likely N-dealkylation sites (N-methyl/N-ethyl adjacent to an activating group) is 2. The lowest BCUT2D eigenvalue weighted by molar-refractivity contribution is -0.129. The number of nitrogens with one attached hydrogen (secondary N) is 1. The van der Waals surface area contributed by atoms with Crippen molar-refractivity contribution in [2.75, 3.05) is 37.0 Å². The number of nitrogens with two attached hydrogens (primary N) is 1. The fraction of sp³-hybridized carbons (Fsp3) is 0.615. The van der Waals surface area contributed by atoms with Gasteiger partial charge in [0.2, 0.25) is 5.91 Å². The molecule has 0 spiro atoms. The van der Waals surface area contributed by atoms with Crippen LogP contribution in [0.3, 0.4) is 0 Å². The summed E-state index contributed by atoms with van der Waals surface area (Å²) in [4.78, 5) is 24.3. The zero-order chi connectivity index (χ0) is 15.1. The zero-order valence-corrected chi connectivity index (χ0v) is 12.7.